The molecule has 0 aliphatic heterocycles. The Labute approximate surface area is 107 Å². The summed E-state index contributed by atoms with van der Waals surface area (Å²) in [7, 11) is 1.71. The van der Waals surface area contributed by atoms with Crippen molar-refractivity contribution >= 4 is 34.2 Å². The van der Waals surface area contributed by atoms with Crippen LogP contribution in [0.1, 0.15) is 12.8 Å². The topological polar surface area (TPSA) is 84.3 Å². The third kappa shape index (κ3) is 3.55. The zero-order valence-corrected chi connectivity index (χ0v) is 10.9. The monoisotopic (exact) mass is 275 g/mol. The van der Waals surface area contributed by atoms with Crippen molar-refractivity contribution in [2.24, 2.45) is 0 Å². The van der Waals surface area contributed by atoms with Gasteiger partial charge in [0, 0.05) is 13.2 Å². The zero-order valence-electron chi connectivity index (χ0n) is 9.25. The van der Waals surface area contributed by atoms with Crippen molar-refractivity contribution in [3.05, 3.63) is 0 Å². The summed E-state index contributed by atoms with van der Waals surface area (Å²) < 4.78 is 5.86. The number of aromatic nitrogens is 2. The van der Waals surface area contributed by atoms with Crippen LogP contribution in [0.15, 0.2) is 4.34 Å². The lowest BCUT2D eigenvalue weighted by atomic mass is 9.89. The van der Waals surface area contributed by atoms with Crippen LogP contribution in [0.2, 0.25) is 0 Å². The summed E-state index contributed by atoms with van der Waals surface area (Å²) in [4.78, 5) is 10.4. The fraction of sp³-hybridized carbons (Fsp3) is 0.667. The number of thioether (sulfide) groups is 1. The van der Waals surface area contributed by atoms with Gasteiger partial charge >= 0.3 is 5.97 Å². The Morgan fingerprint density at radius 3 is 3.06 bits per heavy atom. The van der Waals surface area contributed by atoms with E-state index in [4.69, 9.17) is 9.84 Å². The Hall–Kier alpha value is -0.860. The number of rotatable bonds is 6. The summed E-state index contributed by atoms with van der Waals surface area (Å²) in [6.07, 6.45) is 2.31. The number of carboxylic acid groups (broad SMARTS) is 1. The van der Waals surface area contributed by atoms with Gasteiger partial charge in [-0.25, -0.2) is 0 Å². The highest BCUT2D eigenvalue weighted by atomic mass is 32.2. The van der Waals surface area contributed by atoms with E-state index in [1.165, 1.54) is 23.1 Å². The number of carbonyl (C=O) groups is 1. The van der Waals surface area contributed by atoms with Crippen LogP contribution in [0.4, 0.5) is 5.13 Å². The van der Waals surface area contributed by atoms with Gasteiger partial charge in [-0.2, -0.15) is 0 Å². The molecule has 0 aromatic carbocycles. The molecule has 6 nitrogen and oxygen atoms in total. The summed E-state index contributed by atoms with van der Waals surface area (Å²) in [5.41, 5.74) is 0. The second kappa shape index (κ2) is 5.65. The second-order valence-electron chi connectivity index (χ2n) is 3.73. The van der Waals surface area contributed by atoms with Gasteiger partial charge in [0.2, 0.25) is 5.13 Å². The minimum atomic E-state index is -0.846. The Morgan fingerprint density at radius 1 is 1.65 bits per heavy atom. The number of nitrogens with one attached hydrogen (secondary N) is 1. The lowest BCUT2D eigenvalue weighted by Gasteiger charge is -2.34. The molecule has 1 aliphatic rings. The summed E-state index contributed by atoms with van der Waals surface area (Å²) in [6, 6.07) is 0.394. The molecule has 1 aromatic heterocycles. The van der Waals surface area contributed by atoms with E-state index in [1.807, 2.05) is 0 Å². The molecule has 0 unspecified atom stereocenters. The number of carboxylic acids is 1. The van der Waals surface area contributed by atoms with Crippen LogP contribution in [0, 0.1) is 0 Å². The SMILES string of the molecule is COC1CC(Nc2nnc(SCC(=O)O)s2)C1. The van der Waals surface area contributed by atoms with Gasteiger partial charge in [0.05, 0.1) is 11.9 Å². The third-order valence-electron chi connectivity index (χ3n) is 2.48. The van der Waals surface area contributed by atoms with Gasteiger partial charge in [0.15, 0.2) is 4.34 Å². The van der Waals surface area contributed by atoms with Gasteiger partial charge in [-0.05, 0) is 12.8 Å². The lowest BCUT2D eigenvalue weighted by molar-refractivity contribution is -0.133. The molecule has 0 radical (unpaired) electrons. The van der Waals surface area contributed by atoms with Crippen LogP contribution in [0.3, 0.4) is 0 Å². The molecule has 17 heavy (non-hydrogen) atoms. The van der Waals surface area contributed by atoms with E-state index in [-0.39, 0.29) is 5.75 Å². The number of nitrogens with zero attached hydrogens (tertiary/aromatic N) is 2. The van der Waals surface area contributed by atoms with Crippen molar-refractivity contribution in [2.75, 3.05) is 18.2 Å². The molecule has 0 amide bonds. The standard InChI is InChI=1S/C9H13N3O3S2/c1-15-6-2-5(3-6)10-8-11-12-9(17-8)16-4-7(13)14/h5-6H,2-4H2,1H3,(H,10,11)(H,13,14). The number of methoxy groups -OCH3 is 1. The van der Waals surface area contributed by atoms with Gasteiger partial charge in [-0.1, -0.05) is 23.1 Å². The zero-order chi connectivity index (χ0) is 12.3. The Morgan fingerprint density at radius 2 is 2.41 bits per heavy atom. The first-order valence-electron chi connectivity index (χ1n) is 5.15. The molecule has 1 fully saturated rings. The van der Waals surface area contributed by atoms with Crippen molar-refractivity contribution in [2.45, 2.75) is 29.3 Å². The molecule has 2 rings (SSSR count). The maximum atomic E-state index is 10.4. The molecular weight excluding hydrogens is 262 g/mol. The largest absolute Gasteiger partial charge is 0.481 e. The van der Waals surface area contributed by atoms with E-state index in [9.17, 15) is 4.79 Å². The Balaban J connectivity index is 1.76. The first kappa shape index (κ1) is 12.6. The third-order valence-corrected chi connectivity index (χ3v) is 4.45. The van der Waals surface area contributed by atoms with E-state index in [0.29, 0.717) is 16.5 Å². The fourth-order valence-electron chi connectivity index (χ4n) is 1.50. The molecule has 2 N–H and O–H groups in total. The smallest absolute Gasteiger partial charge is 0.313 e. The maximum Gasteiger partial charge on any atom is 0.313 e. The molecule has 8 heteroatoms. The average Bonchev–Trinajstić information content (AvgIpc) is 2.67. The molecule has 1 heterocycles. The molecule has 0 saturated heterocycles. The first-order chi connectivity index (χ1) is 8.17. The number of ether oxygens (including phenoxy) is 1. The van der Waals surface area contributed by atoms with Gasteiger partial charge in [0.25, 0.3) is 0 Å². The highest BCUT2D eigenvalue weighted by molar-refractivity contribution is 8.01. The highest BCUT2D eigenvalue weighted by Crippen LogP contribution is 2.30. The van der Waals surface area contributed by atoms with E-state index < -0.39 is 5.97 Å². The minimum absolute atomic E-state index is 0.0177. The molecule has 1 aromatic rings. The number of anilines is 1. The summed E-state index contributed by atoms with van der Waals surface area (Å²) in [5.74, 6) is -0.828. The van der Waals surface area contributed by atoms with Crippen molar-refractivity contribution in [3.8, 4) is 0 Å². The van der Waals surface area contributed by atoms with Crippen LogP contribution in [-0.2, 0) is 9.53 Å². The quantitative estimate of drug-likeness (QED) is 0.757. The van der Waals surface area contributed by atoms with Crippen LogP contribution in [-0.4, -0.2) is 46.3 Å². The molecule has 0 spiro atoms. The van der Waals surface area contributed by atoms with Gasteiger partial charge in [0.1, 0.15) is 0 Å². The van der Waals surface area contributed by atoms with Crippen LogP contribution in [0.25, 0.3) is 0 Å². The molecule has 1 saturated carbocycles. The molecule has 1 aliphatic carbocycles. The van der Waals surface area contributed by atoms with Crippen molar-refractivity contribution in [3.63, 3.8) is 0 Å². The normalized spacial score (nSPS) is 23.1. The number of aliphatic carboxylic acids is 1. The molecular formula is C9H13N3O3S2. The summed E-state index contributed by atoms with van der Waals surface area (Å²) in [5, 5.41) is 20.4. The molecule has 0 atom stereocenters. The van der Waals surface area contributed by atoms with E-state index in [0.717, 1.165) is 18.0 Å². The fourth-order valence-corrected chi connectivity index (χ4v) is 3.05. The second-order valence-corrected chi connectivity index (χ2v) is 5.93. The van der Waals surface area contributed by atoms with Crippen molar-refractivity contribution in [1.82, 2.24) is 10.2 Å². The van der Waals surface area contributed by atoms with Crippen LogP contribution >= 0.6 is 23.1 Å². The van der Waals surface area contributed by atoms with Gasteiger partial charge < -0.3 is 15.2 Å². The van der Waals surface area contributed by atoms with Crippen LogP contribution < -0.4 is 5.32 Å². The Bertz CT molecular complexity index is 393. The number of hydrogen-bond donors (Lipinski definition) is 2. The van der Waals surface area contributed by atoms with Crippen LogP contribution in [0.5, 0.6) is 0 Å². The molecule has 0 bridgehead atoms. The van der Waals surface area contributed by atoms with E-state index >= 15 is 0 Å². The summed E-state index contributed by atoms with van der Waals surface area (Å²) in [6.45, 7) is 0. The Kier molecular flexibility index (Phi) is 4.19. The lowest BCUT2D eigenvalue weighted by Crippen LogP contribution is -2.40. The van der Waals surface area contributed by atoms with E-state index in [2.05, 4.69) is 15.5 Å². The number of hydrogen-bond acceptors (Lipinski definition) is 7. The maximum absolute atomic E-state index is 10.4. The van der Waals surface area contributed by atoms with Crippen molar-refractivity contribution < 1.29 is 14.6 Å². The predicted molar refractivity (Wildman–Crippen MR) is 65.7 cm³/mol. The molecule has 94 valence electrons. The van der Waals surface area contributed by atoms with Gasteiger partial charge in [-0.3, -0.25) is 4.79 Å². The first-order valence-corrected chi connectivity index (χ1v) is 6.95. The van der Waals surface area contributed by atoms with E-state index in [1.54, 1.807) is 7.11 Å². The summed E-state index contributed by atoms with van der Waals surface area (Å²) >= 11 is 2.57. The predicted octanol–water partition coefficient (Wildman–Crippen LogP) is 1.30. The highest BCUT2D eigenvalue weighted by Gasteiger charge is 2.29. The minimum Gasteiger partial charge on any atom is -0.481 e. The average molecular weight is 275 g/mol. The van der Waals surface area contributed by atoms with Crippen molar-refractivity contribution in [1.29, 1.82) is 0 Å². The van der Waals surface area contributed by atoms with Gasteiger partial charge in [-0.15, -0.1) is 10.2 Å².